The van der Waals surface area contributed by atoms with Crippen molar-refractivity contribution in [1.82, 2.24) is 14.6 Å². The molecule has 4 aromatic heterocycles. The zero-order valence-corrected chi connectivity index (χ0v) is 16.0. The number of rotatable bonds is 4. The molecule has 5 rings (SSSR count). The van der Waals surface area contributed by atoms with Crippen molar-refractivity contribution in [2.24, 2.45) is 10.1 Å². The lowest BCUT2D eigenvalue weighted by atomic mass is 10.2. The fourth-order valence-electron chi connectivity index (χ4n) is 2.87. The van der Waals surface area contributed by atoms with Gasteiger partial charge in [0.05, 0.1) is 18.1 Å². The second-order valence-corrected chi connectivity index (χ2v) is 7.05. The van der Waals surface area contributed by atoms with Gasteiger partial charge in [-0.3, -0.25) is 9.97 Å². The van der Waals surface area contributed by atoms with E-state index in [9.17, 15) is 0 Å². The molecule has 0 spiro atoms. The number of fused-ring (bicyclic) bond motifs is 1. The summed E-state index contributed by atoms with van der Waals surface area (Å²) in [6.45, 7) is 0. The molecule has 0 amide bonds. The highest BCUT2D eigenvalue weighted by Gasteiger charge is 2.12. The minimum atomic E-state index is 0.716. The number of benzene rings is 1. The molecule has 0 saturated heterocycles. The number of para-hydroxylation sites is 1. The number of nitrogens with zero attached hydrogens (tertiary/aromatic N) is 5. The van der Waals surface area contributed by atoms with Crippen LogP contribution >= 0.6 is 11.3 Å². The van der Waals surface area contributed by atoms with Crippen molar-refractivity contribution in [3.8, 4) is 11.5 Å². The van der Waals surface area contributed by atoms with E-state index in [1.807, 2.05) is 60.0 Å². The zero-order chi connectivity index (χ0) is 19.5. The first-order valence-corrected chi connectivity index (χ1v) is 9.83. The minimum absolute atomic E-state index is 0.716. The molecule has 4 heterocycles. The van der Waals surface area contributed by atoms with E-state index in [0.29, 0.717) is 4.80 Å². The lowest BCUT2D eigenvalue weighted by Crippen LogP contribution is -2.11. The van der Waals surface area contributed by atoms with Crippen LogP contribution in [0, 0.1) is 0 Å². The molecule has 0 saturated carbocycles. The number of aromatic nitrogens is 3. The van der Waals surface area contributed by atoms with Gasteiger partial charge in [-0.25, -0.2) is 9.67 Å². The van der Waals surface area contributed by atoms with Crippen molar-refractivity contribution >= 4 is 34.2 Å². The highest BCUT2D eigenvalue weighted by Crippen LogP contribution is 2.28. The summed E-state index contributed by atoms with van der Waals surface area (Å²) >= 11 is 1.49. The third-order valence-corrected chi connectivity index (χ3v) is 5.06. The largest absolute Gasteiger partial charge is 0.454 e. The Kier molecular flexibility index (Phi) is 4.56. The third-order valence-electron chi connectivity index (χ3n) is 4.24. The Morgan fingerprint density at radius 3 is 2.62 bits per heavy atom. The molecular formula is C22H15N5OS. The highest BCUT2D eigenvalue weighted by molar-refractivity contribution is 7.07. The monoisotopic (exact) mass is 397 g/mol. The predicted octanol–water partition coefficient (Wildman–Crippen LogP) is 4.87. The van der Waals surface area contributed by atoms with E-state index < -0.39 is 0 Å². The maximum Gasteiger partial charge on any atom is 0.211 e. The Balaban J connectivity index is 1.66. The van der Waals surface area contributed by atoms with Crippen molar-refractivity contribution in [1.29, 1.82) is 0 Å². The van der Waals surface area contributed by atoms with Crippen LogP contribution in [0.2, 0.25) is 0 Å². The van der Waals surface area contributed by atoms with Crippen LogP contribution in [-0.2, 0) is 0 Å². The molecule has 0 N–H and O–H groups in total. The van der Waals surface area contributed by atoms with Gasteiger partial charge in [-0.1, -0.05) is 24.3 Å². The molecule has 0 atom stereocenters. The van der Waals surface area contributed by atoms with Gasteiger partial charge in [0.2, 0.25) is 4.80 Å². The van der Waals surface area contributed by atoms with Gasteiger partial charge in [-0.2, -0.15) is 5.10 Å². The van der Waals surface area contributed by atoms with Gasteiger partial charge >= 0.3 is 0 Å². The summed E-state index contributed by atoms with van der Waals surface area (Å²) in [5.41, 5.74) is 3.32. The van der Waals surface area contributed by atoms with Crippen LogP contribution in [0.3, 0.4) is 0 Å². The lowest BCUT2D eigenvalue weighted by Gasteiger charge is -2.00. The summed E-state index contributed by atoms with van der Waals surface area (Å²) in [5, 5.41) is 7.70. The first-order valence-electron chi connectivity index (χ1n) is 8.95. The molecule has 0 unspecified atom stereocenters. The van der Waals surface area contributed by atoms with E-state index in [0.717, 1.165) is 33.7 Å². The first-order chi connectivity index (χ1) is 14.4. The van der Waals surface area contributed by atoms with Gasteiger partial charge < -0.3 is 4.42 Å². The van der Waals surface area contributed by atoms with Crippen LogP contribution in [0.5, 0.6) is 0 Å². The summed E-state index contributed by atoms with van der Waals surface area (Å²) in [6.07, 6.45) is 8.69. The molecule has 0 aliphatic heterocycles. The molecule has 140 valence electrons. The molecule has 0 bridgehead atoms. The van der Waals surface area contributed by atoms with Crippen LogP contribution in [0.25, 0.3) is 22.4 Å². The second kappa shape index (κ2) is 7.65. The topological polar surface area (TPSA) is 68.6 Å². The van der Waals surface area contributed by atoms with Gasteiger partial charge in [0.15, 0.2) is 5.76 Å². The summed E-state index contributed by atoms with van der Waals surface area (Å²) < 4.78 is 7.84. The Hall–Kier alpha value is -3.84. The SMILES string of the molecule is C(=Nn1c(-c2cc3ccccc3o2)csc1=Nc1cccnc1)c1cccnc1. The van der Waals surface area contributed by atoms with Crippen molar-refractivity contribution in [2.75, 3.05) is 0 Å². The average molecular weight is 397 g/mol. The second-order valence-electron chi connectivity index (χ2n) is 6.22. The van der Waals surface area contributed by atoms with Gasteiger partial charge in [0.1, 0.15) is 11.3 Å². The Bertz CT molecular complexity index is 1320. The molecule has 29 heavy (non-hydrogen) atoms. The summed E-state index contributed by atoms with van der Waals surface area (Å²) in [7, 11) is 0. The van der Waals surface area contributed by atoms with E-state index in [-0.39, 0.29) is 0 Å². The van der Waals surface area contributed by atoms with Gasteiger partial charge in [0, 0.05) is 34.9 Å². The molecule has 7 heteroatoms. The number of furan rings is 1. The smallest absolute Gasteiger partial charge is 0.211 e. The van der Waals surface area contributed by atoms with Crippen LogP contribution in [0.15, 0.2) is 99.3 Å². The van der Waals surface area contributed by atoms with Crippen LogP contribution < -0.4 is 4.80 Å². The number of hydrogen-bond acceptors (Lipinski definition) is 6. The standard InChI is InChI=1S/C22H15N5OS/c1-2-8-20-17(6-1)11-21(28-20)19-15-29-22(26-18-7-4-10-24-14-18)27(19)25-13-16-5-3-9-23-12-16/h1-15H. The number of thiazole rings is 1. The molecule has 0 radical (unpaired) electrons. The summed E-state index contributed by atoms with van der Waals surface area (Å²) in [5.74, 6) is 0.735. The van der Waals surface area contributed by atoms with Crippen LogP contribution in [0.1, 0.15) is 5.56 Å². The third kappa shape index (κ3) is 3.63. The maximum atomic E-state index is 6.06. The number of pyridine rings is 2. The minimum Gasteiger partial charge on any atom is -0.454 e. The van der Waals surface area contributed by atoms with Crippen molar-refractivity contribution < 1.29 is 4.42 Å². The molecule has 0 fully saturated rings. The Morgan fingerprint density at radius 1 is 0.966 bits per heavy atom. The predicted molar refractivity (Wildman–Crippen MR) is 114 cm³/mol. The van der Waals surface area contributed by atoms with Crippen LogP contribution in [0.4, 0.5) is 5.69 Å². The quantitative estimate of drug-likeness (QED) is 0.406. The molecule has 0 aliphatic rings. The van der Waals surface area contributed by atoms with E-state index in [2.05, 4.69) is 15.1 Å². The molecule has 0 aliphatic carbocycles. The lowest BCUT2D eigenvalue weighted by molar-refractivity contribution is 0.622. The highest BCUT2D eigenvalue weighted by atomic mass is 32.1. The Morgan fingerprint density at radius 2 is 1.83 bits per heavy atom. The van der Waals surface area contributed by atoms with E-state index in [1.54, 1.807) is 35.7 Å². The van der Waals surface area contributed by atoms with Crippen molar-refractivity contribution in [2.45, 2.75) is 0 Å². The van der Waals surface area contributed by atoms with Crippen molar-refractivity contribution in [3.63, 3.8) is 0 Å². The fourth-order valence-corrected chi connectivity index (χ4v) is 3.71. The van der Waals surface area contributed by atoms with Crippen LogP contribution in [-0.4, -0.2) is 20.9 Å². The molecule has 6 nitrogen and oxygen atoms in total. The molecule has 1 aromatic carbocycles. The van der Waals surface area contributed by atoms with Gasteiger partial charge in [-0.15, -0.1) is 11.3 Å². The van der Waals surface area contributed by atoms with Gasteiger partial charge in [0.25, 0.3) is 0 Å². The average Bonchev–Trinajstić information content (AvgIpc) is 3.37. The molecule has 5 aromatic rings. The maximum absolute atomic E-state index is 6.06. The Labute approximate surface area is 170 Å². The van der Waals surface area contributed by atoms with Crippen molar-refractivity contribution in [3.05, 3.63) is 95.1 Å². The summed E-state index contributed by atoms with van der Waals surface area (Å²) in [6, 6.07) is 17.5. The van der Waals surface area contributed by atoms with Gasteiger partial charge in [-0.05, 0) is 30.3 Å². The molecular weight excluding hydrogens is 382 g/mol. The normalized spacial score (nSPS) is 12.2. The first kappa shape index (κ1) is 17.3. The van der Waals surface area contributed by atoms with E-state index >= 15 is 0 Å². The number of hydrogen-bond donors (Lipinski definition) is 0. The van der Waals surface area contributed by atoms with E-state index in [1.165, 1.54) is 11.3 Å². The van der Waals surface area contributed by atoms with E-state index in [4.69, 9.17) is 9.41 Å². The zero-order valence-electron chi connectivity index (χ0n) is 15.2. The summed E-state index contributed by atoms with van der Waals surface area (Å²) in [4.78, 5) is 13.7. The fraction of sp³-hybridized carbons (Fsp3) is 0.